The molecule has 4 aromatic rings. The van der Waals surface area contributed by atoms with E-state index in [0.717, 1.165) is 10.4 Å². The fraction of sp³-hybridized carbons (Fsp3) is 0.125. The lowest BCUT2D eigenvalue weighted by Crippen LogP contribution is -2.46. The first kappa shape index (κ1) is 20.9. The third-order valence-electron chi connectivity index (χ3n) is 5.38. The number of thiophene rings is 1. The lowest BCUT2D eigenvalue weighted by molar-refractivity contribution is 0.244. The average Bonchev–Trinajstić information content (AvgIpc) is 3.51. The monoisotopic (exact) mass is 462 g/mol. The Morgan fingerprint density at radius 2 is 2.00 bits per heavy atom. The summed E-state index contributed by atoms with van der Waals surface area (Å²) < 4.78 is 25.0. The molecule has 9 heteroatoms. The standard InChI is InChI=1S/C24H19FN4O3S/c1-14-20(23-27-22(28-32-23)19-10-5-11-33-19)21(15-6-3-9-18(12-15)31-2)26-24(30)29(14)17-8-4-7-16(25)13-17/h3-13,21H,1-2H3,(H,26,30). The van der Waals surface area contributed by atoms with Crippen LogP contribution in [0.2, 0.25) is 0 Å². The number of benzene rings is 2. The van der Waals surface area contributed by atoms with E-state index in [4.69, 9.17) is 9.26 Å². The van der Waals surface area contributed by atoms with Gasteiger partial charge in [-0.2, -0.15) is 4.98 Å². The van der Waals surface area contributed by atoms with Crippen molar-refractivity contribution >= 4 is 28.6 Å². The van der Waals surface area contributed by atoms with Gasteiger partial charge in [0.15, 0.2) is 0 Å². The number of methoxy groups -OCH3 is 1. The zero-order valence-electron chi connectivity index (χ0n) is 17.8. The summed E-state index contributed by atoms with van der Waals surface area (Å²) in [6.07, 6.45) is 0. The van der Waals surface area contributed by atoms with Gasteiger partial charge < -0.3 is 14.6 Å². The number of allylic oxidation sites excluding steroid dienone is 1. The molecule has 0 bridgehead atoms. The van der Waals surface area contributed by atoms with Crippen molar-refractivity contribution in [3.63, 3.8) is 0 Å². The molecule has 1 N–H and O–H groups in total. The van der Waals surface area contributed by atoms with Crippen LogP contribution in [0.15, 0.2) is 76.3 Å². The molecule has 0 saturated heterocycles. The Morgan fingerprint density at radius 3 is 2.76 bits per heavy atom. The number of aromatic nitrogens is 2. The van der Waals surface area contributed by atoms with Gasteiger partial charge in [0.05, 0.1) is 29.3 Å². The Kier molecular flexibility index (Phi) is 5.39. The van der Waals surface area contributed by atoms with Crippen LogP contribution in [0.1, 0.15) is 24.4 Å². The molecule has 3 heterocycles. The first-order valence-corrected chi connectivity index (χ1v) is 11.0. The largest absolute Gasteiger partial charge is 0.497 e. The van der Waals surface area contributed by atoms with E-state index < -0.39 is 17.9 Å². The number of halogens is 1. The molecule has 1 aliphatic rings. The highest BCUT2D eigenvalue weighted by Crippen LogP contribution is 2.40. The molecule has 1 unspecified atom stereocenters. The predicted octanol–water partition coefficient (Wildman–Crippen LogP) is 5.65. The summed E-state index contributed by atoms with van der Waals surface area (Å²) in [7, 11) is 1.58. The molecule has 2 aromatic carbocycles. The molecule has 1 atom stereocenters. The second-order valence-corrected chi connectivity index (χ2v) is 8.32. The zero-order chi connectivity index (χ0) is 22.9. The highest BCUT2D eigenvalue weighted by atomic mass is 32.1. The lowest BCUT2D eigenvalue weighted by Gasteiger charge is -2.35. The van der Waals surface area contributed by atoms with Crippen LogP contribution in [-0.2, 0) is 0 Å². The molecule has 0 aliphatic carbocycles. The van der Waals surface area contributed by atoms with E-state index >= 15 is 0 Å². The number of urea groups is 1. The van der Waals surface area contributed by atoms with E-state index in [-0.39, 0.29) is 5.89 Å². The summed E-state index contributed by atoms with van der Waals surface area (Å²) in [6.45, 7) is 1.78. The fourth-order valence-corrected chi connectivity index (χ4v) is 4.51. The molecule has 5 rings (SSSR count). The summed E-state index contributed by atoms with van der Waals surface area (Å²) in [5.74, 6) is 0.933. The minimum absolute atomic E-state index is 0.269. The minimum Gasteiger partial charge on any atom is -0.497 e. The second-order valence-electron chi connectivity index (χ2n) is 7.37. The summed E-state index contributed by atoms with van der Waals surface area (Å²) in [5, 5.41) is 9.07. The maximum Gasteiger partial charge on any atom is 0.327 e. The van der Waals surface area contributed by atoms with Gasteiger partial charge in [-0.3, -0.25) is 4.90 Å². The van der Waals surface area contributed by atoms with Crippen molar-refractivity contribution in [2.24, 2.45) is 0 Å². The van der Waals surface area contributed by atoms with Gasteiger partial charge in [0.25, 0.3) is 5.89 Å². The van der Waals surface area contributed by atoms with Crippen LogP contribution >= 0.6 is 11.3 Å². The topological polar surface area (TPSA) is 80.5 Å². The lowest BCUT2D eigenvalue weighted by atomic mass is 9.94. The molecule has 0 spiro atoms. The SMILES string of the molecule is COc1cccc(C2NC(=O)N(c3cccc(F)c3)C(C)=C2c2nc(-c3cccs3)no2)c1. The Morgan fingerprint density at radius 1 is 1.15 bits per heavy atom. The van der Waals surface area contributed by atoms with Crippen LogP contribution in [0, 0.1) is 5.82 Å². The highest BCUT2D eigenvalue weighted by Gasteiger charge is 2.36. The first-order chi connectivity index (χ1) is 16.0. The molecule has 33 heavy (non-hydrogen) atoms. The summed E-state index contributed by atoms with van der Waals surface area (Å²) >= 11 is 1.50. The molecule has 2 amide bonds. The van der Waals surface area contributed by atoms with E-state index in [9.17, 15) is 9.18 Å². The van der Waals surface area contributed by atoms with Crippen molar-refractivity contribution in [3.05, 3.63) is 89.0 Å². The Hall–Kier alpha value is -3.98. The number of carbonyl (C=O) groups excluding carboxylic acids is 1. The van der Waals surface area contributed by atoms with Gasteiger partial charge in [0.1, 0.15) is 11.6 Å². The smallest absolute Gasteiger partial charge is 0.327 e. The van der Waals surface area contributed by atoms with Crippen molar-refractivity contribution in [1.29, 1.82) is 0 Å². The fourth-order valence-electron chi connectivity index (χ4n) is 3.86. The molecular formula is C24H19FN4O3S. The van der Waals surface area contributed by atoms with Crippen LogP contribution in [0.5, 0.6) is 5.75 Å². The summed E-state index contributed by atoms with van der Waals surface area (Å²) in [5.41, 5.74) is 2.34. The normalized spacial score (nSPS) is 16.2. The number of hydrogen-bond acceptors (Lipinski definition) is 6. The molecule has 166 valence electrons. The first-order valence-electron chi connectivity index (χ1n) is 10.1. The molecule has 1 aliphatic heterocycles. The third kappa shape index (κ3) is 3.87. The number of hydrogen-bond donors (Lipinski definition) is 1. The van der Waals surface area contributed by atoms with Gasteiger partial charge in [-0.25, -0.2) is 9.18 Å². The zero-order valence-corrected chi connectivity index (χ0v) is 18.6. The van der Waals surface area contributed by atoms with Crippen LogP contribution < -0.4 is 15.0 Å². The molecule has 7 nitrogen and oxygen atoms in total. The van der Waals surface area contributed by atoms with Crippen molar-refractivity contribution < 1.29 is 18.4 Å². The van der Waals surface area contributed by atoms with Crippen molar-refractivity contribution in [1.82, 2.24) is 15.5 Å². The maximum atomic E-state index is 14.0. The highest BCUT2D eigenvalue weighted by molar-refractivity contribution is 7.13. The van der Waals surface area contributed by atoms with Gasteiger partial charge >= 0.3 is 6.03 Å². The van der Waals surface area contributed by atoms with Gasteiger partial charge in [-0.05, 0) is 54.3 Å². The Bertz CT molecular complexity index is 1350. The predicted molar refractivity (Wildman–Crippen MR) is 123 cm³/mol. The number of carbonyl (C=O) groups is 1. The summed E-state index contributed by atoms with van der Waals surface area (Å²) in [6, 6.07) is 16.1. The molecular weight excluding hydrogens is 443 g/mol. The van der Waals surface area contributed by atoms with Gasteiger partial charge in [-0.15, -0.1) is 11.3 Å². The minimum atomic E-state index is -0.575. The van der Waals surface area contributed by atoms with E-state index in [1.54, 1.807) is 26.2 Å². The molecule has 0 fully saturated rings. The number of rotatable bonds is 5. The van der Waals surface area contributed by atoms with Gasteiger partial charge in [0, 0.05) is 5.70 Å². The maximum absolute atomic E-state index is 14.0. The number of ether oxygens (including phenoxy) is 1. The third-order valence-corrected chi connectivity index (χ3v) is 6.24. The Balaban J connectivity index is 1.67. The van der Waals surface area contributed by atoms with Gasteiger partial charge in [-0.1, -0.05) is 29.4 Å². The van der Waals surface area contributed by atoms with Crippen LogP contribution in [-0.4, -0.2) is 23.3 Å². The second kappa shape index (κ2) is 8.51. The molecule has 0 radical (unpaired) electrons. The summed E-state index contributed by atoms with van der Waals surface area (Å²) in [4.78, 5) is 20.1. The van der Waals surface area contributed by atoms with E-state index in [2.05, 4.69) is 15.5 Å². The van der Waals surface area contributed by atoms with E-state index in [1.807, 2.05) is 41.8 Å². The molecule has 0 saturated carbocycles. The van der Waals surface area contributed by atoms with Crippen LogP contribution in [0.3, 0.4) is 0 Å². The number of anilines is 1. The number of nitrogens with zero attached hydrogens (tertiary/aromatic N) is 3. The van der Waals surface area contributed by atoms with E-state index in [0.29, 0.717) is 28.5 Å². The average molecular weight is 463 g/mol. The Labute approximate surface area is 193 Å². The number of nitrogens with one attached hydrogen (secondary N) is 1. The van der Waals surface area contributed by atoms with Crippen molar-refractivity contribution in [2.75, 3.05) is 12.0 Å². The van der Waals surface area contributed by atoms with Crippen LogP contribution in [0.4, 0.5) is 14.9 Å². The van der Waals surface area contributed by atoms with Crippen molar-refractivity contribution in [2.45, 2.75) is 13.0 Å². The van der Waals surface area contributed by atoms with Gasteiger partial charge in [0.2, 0.25) is 5.82 Å². The van der Waals surface area contributed by atoms with Crippen LogP contribution in [0.25, 0.3) is 16.3 Å². The van der Waals surface area contributed by atoms with E-state index in [1.165, 1.54) is 28.4 Å². The molecule has 2 aromatic heterocycles. The quantitative estimate of drug-likeness (QED) is 0.415. The van der Waals surface area contributed by atoms with Crippen molar-refractivity contribution in [3.8, 4) is 16.5 Å². The number of amides is 2.